The highest BCUT2D eigenvalue weighted by Gasteiger charge is 2.47. The van der Waals surface area contributed by atoms with Gasteiger partial charge in [0, 0.05) is 6.04 Å². The predicted molar refractivity (Wildman–Crippen MR) is 48.1 cm³/mol. The van der Waals surface area contributed by atoms with Gasteiger partial charge >= 0.3 is 0 Å². The van der Waals surface area contributed by atoms with Crippen LogP contribution in [0.5, 0.6) is 0 Å². The lowest BCUT2D eigenvalue weighted by atomic mass is 10.0. The summed E-state index contributed by atoms with van der Waals surface area (Å²) >= 11 is 0. The van der Waals surface area contributed by atoms with Crippen molar-refractivity contribution < 1.29 is 28.3 Å². The summed E-state index contributed by atoms with van der Waals surface area (Å²) in [6.07, 6.45) is 0. The molecule has 0 aliphatic heterocycles. The van der Waals surface area contributed by atoms with Gasteiger partial charge in [-0.2, -0.15) is 8.42 Å². The van der Waals surface area contributed by atoms with E-state index in [0.717, 1.165) is 0 Å². The van der Waals surface area contributed by atoms with E-state index in [4.69, 9.17) is 19.9 Å². The molecule has 0 aliphatic carbocycles. The van der Waals surface area contributed by atoms with Crippen LogP contribution in [0, 0.1) is 0 Å². The van der Waals surface area contributed by atoms with Crippen molar-refractivity contribution >= 4 is 10.1 Å². The molecule has 0 aromatic carbocycles. The summed E-state index contributed by atoms with van der Waals surface area (Å²) in [6.45, 7) is -1.11. The van der Waals surface area contributed by atoms with E-state index in [0.29, 0.717) is 0 Å². The van der Waals surface area contributed by atoms with Crippen molar-refractivity contribution in [3.05, 3.63) is 0 Å². The van der Waals surface area contributed by atoms with Crippen molar-refractivity contribution in [1.82, 2.24) is 5.32 Å². The SMILES string of the molecule is CC(NCO)C(CO)(CO)S(=O)(=O)O. The lowest BCUT2D eigenvalue weighted by molar-refractivity contribution is 0.122. The second-order valence-electron chi connectivity index (χ2n) is 2.94. The zero-order valence-electron chi connectivity index (χ0n) is 7.71. The summed E-state index contributed by atoms with van der Waals surface area (Å²) in [4.78, 5) is 0. The quantitative estimate of drug-likeness (QED) is 0.252. The molecular formula is C6H15NO6S. The van der Waals surface area contributed by atoms with E-state index in [1.807, 2.05) is 0 Å². The molecule has 0 heterocycles. The van der Waals surface area contributed by atoms with Gasteiger partial charge in [-0.3, -0.25) is 9.87 Å². The number of aliphatic hydroxyl groups is 3. The molecule has 0 aliphatic rings. The topological polar surface area (TPSA) is 127 Å². The van der Waals surface area contributed by atoms with Gasteiger partial charge in [-0.1, -0.05) is 0 Å². The second-order valence-corrected chi connectivity index (χ2v) is 4.70. The molecule has 1 atom stereocenters. The molecule has 0 saturated heterocycles. The van der Waals surface area contributed by atoms with Crippen LogP contribution in [-0.4, -0.2) is 59.0 Å². The number of hydrogen-bond acceptors (Lipinski definition) is 6. The van der Waals surface area contributed by atoms with E-state index in [2.05, 4.69) is 5.32 Å². The van der Waals surface area contributed by atoms with Crippen LogP contribution in [0.25, 0.3) is 0 Å². The maximum Gasteiger partial charge on any atom is 0.276 e. The van der Waals surface area contributed by atoms with E-state index in [9.17, 15) is 8.42 Å². The van der Waals surface area contributed by atoms with Crippen LogP contribution in [0.1, 0.15) is 6.92 Å². The van der Waals surface area contributed by atoms with E-state index in [1.165, 1.54) is 6.92 Å². The maximum atomic E-state index is 10.9. The zero-order chi connectivity index (χ0) is 11.4. The van der Waals surface area contributed by atoms with Crippen molar-refractivity contribution in [2.24, 2.45) is 0 Å². The molecule has 7 nitrogen and oxygen atoms in total. The van der Waals surface area contributed by atoms with E-state index >= 15 is 0 Å². The standard InChI is InChI=1S/C6H15NO6S/c1-5(7-4-10)6(2-8,3-9)14(11,12)13/h5,7-10H,2-4H2,1H3,(H,11,12,13). The van der Waals surface area contributed by atoms with E-state index in [-0.39, 0.29) is 0 Å². The number of aliphatic hydroxyl groups excluding tert-OH is 3. The van der Waals surface area contributed by atoms with Gasteiger partial charge in [0.05, 0.1) is 19.9 Å². The smallest absolute Gasteiger partial charge is 0.276 e. The molecule has 0 radical (unpaired) electrons. The number of hydrogen-bond donors (Lipinski definition) is 5. The van der Waals surface area contributed by atoms with Crippen LogP contribution in [0.15, 0.2) is 0 Å². The Balaban J connectivity index is 5.08. The highest BCUT2D eigenvalue weighted by Crippen LogP contribution is 2.20. The summed E-state index contributed by atoms with van der Waals surface area (Å²) in [5.41, 5.74) is 0. The zero-order valence-corrected chi connectivity index (χ0v) is 8.53. The van der Waals surface area contributed by atoms with E-state index in [1.54, 1.807) is 0 Å². The van der Waals surface area contributed by atoms with Gasteiger partial charge in [-0.05, 0) is 6.92 Å². The van der Waals surface area contributed by atoms with Crippen molar-refractivity contribution in [3.63, 3.8) is 0 Å². The van der Waals surface area contributed by atoms with Crippen LogP contribution >= 0.6 is 0 Å². The van der Waals surface area contributed by atoms with Crippen molar-refractivity contribution in [3.8, 4) is 0 Å². The molecule has 0 aromatic rings. The Kier molecular flexibility index (Phi) is 4.92. The van der Waals surface area contributed by atoms with E-state index < -0.39 is 40.9 Å². The molecule has 0 bridgehead atoms. The van der Waals surface area contributed by atoms with Gasteiger partial charge in [0.2, 0.25) is 0 Å². The van der Waals surface area contributed by atoms with Crippen LogP contribution in [-0.2, 0) is 10.1 Å². The minimum Gasteiger partial charge on any atom is -0.394 e. The Hall–Kier alpha value is -0.250. The number of rotatable bonds is 6. The van der Waals surface area contributed by atoms with Gasteiger partial charge in [0.25, 0.3) is 10.1 Å². The largest absolute Gasteiger partial charge is 0.394 e. The fraction of sp³-hybridized carbons (Fsp3) is 1.00. The first-order valence-corrected chi connectivity index (χ1v) is 5.32. The molecule has 8 heteroatoms. The Labute approximate surface area is 82.1 Å². The molecule has 1 unspecified atom stereocenters. The highest BCUT2D eigenvalue weighted by molar-refractivity contribution is 7.87. The maximum absolute atomic E-state index is 10.9. The summed E-state index contributed by atoms with van der Waals surface area (Å²) in [5.74, 6) is 0. The second kappa shape index (κ2) is 5.01. The molecule has 0 spiro atoms. The molecule has 0 aromatic heterocycles. The first-order valence-electron chi connectivity index (χ1n) is 3.88. The van der Waals surface area contributed by atoms with Crippen molar-refractivity contribution in [2.75, 3.05) is 19.9 Å². The normalized spacial score (nSPS) is 15.5. The molecule has 0 rings (SSSR count). The van der Waals surface area contributed by atoms with Gasteiger partial charge < -0.3 is 15.3 Å². The molecule has 86 valence electrons. The van der Waals surface area contributed by atoms with Crippen molar-refractivity contribution in [1.29, 1.82) is 0 Å². The van der Waals surface area contributed by atoms with Crippen molar-refractivity contribution in [2.45, 2.75) is 17.7 Å². The summed E-state index contributed by atoms with van der Waals surface area (Å²) < 4.78 is 28.6. The lowest BCUT2D eigenvalue weighted by Gasteiger charge is -2.32. The van der Waals surface area contributed by atoms with Crippen LogP contribution in [0.4, 0.5) is 0 Å². The van der Waals surface area contributed by atoms with Crippen LogP contribution in [0.2, 0.25) is 0 Å². The fourth-order valence-corrected chi connectivity index (χ4v) is 1.89. The van der Waals surface area contributed by atoms with Gasteiger partial charge in [0.1, 0.15) is 0 Å². The first kappa shape index (κ1) is 13.8. The Morgan fingerprint density at radius 1 is 1.29 bits per heavy atom. The highest BCUT2D eigenvalue weighted by atomic mass is 32.2. The fourth-order valence-electron chi connectivity index (χ4n) is 1.03. The first-order chi connectivity index (χ1) is 6.35. The lowest BCUT2D eigenvalue weighted by Crippen LogP contribution is -2.59. The molecule has 0 fully saturated rings. The number of nitrogens with one attached hydrogen (secondary N) is 1. The van der Waals surface area contributed by atoms with Gasteiger partial charge in [0.15, 0.2) is 4.75 Å². The summed E-state index contributed by atoms with van der Waals surface area (Å²) in [7, 11) is -4.62. The monoisotopic (exact) mass is 229 g/mol. The molecule has 0 amide bonds. The molecule has 0 saturated carbocycles. The van der Waals surface area contributed by atoms with Gasteiger partial charge in [-0.15, -0.1) is 0 Å². The summed E-state index contributed by atoms with van der Waals surface area (Å²) in [6, 6.07) is -0.988. The average molecular weight is 229 g/mol. The van der Waals surface area contributed by atoms with Crippen LogP contribution in [0.3, 0.4) is 0 Å². The van der Waals surface area contributed by atoms with Gasteiger partial charge in [-0.25, -0.2) is 0 Å². The third kappa shape index (κ3) is 2.41. The Morgan fingerprint density at radius 2 is 1.71 bits per heavy atom. The third-order valence-electron chi connectivity index (χ3n) is 2.24. The average Bonchev–Trinajstić information content (AvgIpc) is 2.05. The third-order valence-corrected chi connectivity index (χ3v) is 3.87. The molecule has 14 heavy (non-hydrogen) atoms. The Bertz CT molecular complexity index is 259. The Morgan fingerprint density at radius 3 is 1.93 bits per heavy atom. The minimum absolute atomic E-state index is 0.529. The molecular weight excluding hydrogens is 214 g/mol. The minimum atomic E-state index is -4.62. The summed E-state index contributed by atoms with van der Waals surface area (Å²) in [5, 5.41) is 28.6. The van der Waals surface area contributed by atoms with Crippen LogP contribution < -0.4 is 5.32 Å². The molecule has 5 N–H and O–H groups in total. The predicted octanol–water partition coefficient (Wildman–Crippen LogP) is -2.47.